The van der Waals surface area contributed by atoms with Gasteiger partial charge in [-0.25, -0.2) is 0 Å². The summed E-state index contributed by atoms with van der Waals surface area (Å²) in [5, 5.41) is 12.3. The van der Waals surface area contributed by atoms with E-state index in [0.29, 0.717) is 11.0 Å². The van der Waals surface area contributed by atoms with Crippen LogP contribution in [0.5, 0.6) is 0 Å². The number of nitrogens with zero attached hydrogens (tertiary/aromatic N) is 3. The molecule has 1 unspecified atom stereocenters. The van der Waals surface area contributed by atoms with Crippen LogP contribution in [-0.2, 0) is 4.79 Å². The third-order valence-electron chi connectivity index (χ3n) is 3.48. The van der Waals surface area contributed by atoms with Gasteiger partial charge in [0.25, 0.3) is 0 Å². The smallest absolute Gasteiger partial charge is 0.237 e. The van der Waals surface area contributed by atoms with Gasteiger partial charge < -0.3 is 10.2 Å². The molecule has 1 aromatic carbocycles. The van der Waals surface area contributed by atoms with Gasteiger partial charge in [0.15, 0.2) is 4.34 Å². The normalized spacial score (nSPS) is 17.5. The fourth-order valence-electron chi connectivity index (χ4n) is 2.32. The molecule has 8 heteroatoms. The van der Waals surface area contributed by atoms with Crippen molar-refractivity contribution in [2.24, 2.45) is 0 Å². The summed E-state index contributed by atoms with van der Waals surface area (Å²) < 4.78 is 0.813. The maximum atomic E-state index is 12.7. The standard InChI is InChI=1S/C15H18N4OS3/c1-10-7-8-19(11-5-3-4-6-12(11)22-10)13(20)9-21-15-18-17-14(16-2)23-15/h3-6,10H,7-9H2,1-2H3,(H,16,17). The summed E-state index contributed by atoms with van der Waals surface area (Å²) >= 11 is 4.76. The van der Waals surface area contributed by atoms with E-state index in [1.807, 2.05) is 41.9 Å². The SMILES string of the molecule is CNc1nnc(SCC(=O)N2CCC(C)Sc3ccccc32)s1. The zero-order valence-corrected chi connectivity index (χ0v) is 15.4. The molecule has 1 amide bonds. The Morgan fingerprint density at radius 1 is 1.43 bits per heavy atom. The second-order valence-corrected chi connectivity index (χ2v) is 8.82. The average molecular weight is 367 g/mol. The zero-order chi connectivity index (χ0) is 16.2. The van der Waals surface area contributed by atoms with Crippen LogP contribution in [0.3, 0.4) is 0 Å². The van der Waals surface area contributed by atoms with Crippen LogP contribution in [0.2, 0.25) is 0 Å². The first-order valence-electron chi connectivity index (χ1n) is 7.37. The van der Waals surface area contributed by atoms with E-state index in [1.54, 1.807) is 0 Å². The van der Waals surface area contributed by atoms with Crippen molar-refractivity contribution in [1.29, 1.82) is 0 Å². The summed E-state index contributed by atoms with van der Waals surface area (Å²) in [7, 11) is 1.81. The van der Waals surface area contributed by atoms with Crippen molar-refractivity contribution in [3.05, 3.63) is 24.3 Å². The molecule has 1 aliphatic heterocycles. The van der Waals surface area contributed by atoms with Crippen LogP contribution in [-0.4, -0.2) is 40.7 Å². The molecular formula is C15H18N4OS3. The van der Waals surface area contributed by atoms with Crippen LogP contribution >= 0.6 is 34.9 Å². The van der Waals surface area contributed by atoms with Crippen LogP contribution < -0.4 is 10.2 Å². The lowest BCUT2D eigenvalue weighted by Crippen LogP contribution is -2.33. The van der Waals surface area contributed by atoms with E-state index in [2.05, 4.69) is 28.5 Å². The van der Waals surface area contributed by atoms with Gasteiger partial charge in [-0.3, -0.25) is 4.79 Å². The number of fused-ring (bicyclic) bond motifs is 1. The number of carbonyl (C=O) groups is 1. The molecule has 1 atom stereocenters. The van der Waals surface area contributed by atoms with Crippen LogP contribution in [0.15, 0.2) is 33.5 Å². The molecule has 0 radical (unpaired) electrons. The first-order chi connectivity index (χ1) is 11.2. The van der Waals surface area contributed by atoms with E-state index in [-0.39, 0.29) is 5.91 Å². The van der Waals surface area contributed by atoms with Crippen LogP contribution in [0.1, 0.15) is 13.3 Å². The lowest BCUT2D eigenvalue weighted by atomic mass is 10.2. The predicted molar refractivity (Wildman–Crippen MR) is 98.9 cm³/mol. The van der Waals surface area contributed by atoms with E-state index in [4.69, 9.17) is 0 Å². The van der Waals surface area contributed by atoms with Gasteiger partial charge in [-0.05, 0) is 18.6 Å². The van der Waals surface area contributed by atoms with E-state index in [1.165, 1.54) is 28.0 Å². The van der Waals surface area contributed by atoms with E-state index in [9.17, 15) is 4.79 Å². The van der Waals surface area contributed by atoms with Crippen LogP contribution in [0, 0.1) is 0 Å². The number of aromatic nitrogens is 2. The van der Waals surface area contributed by atoms with Crippen molar-refractivity contribution in [2.45, 2.75) is 27.8 Å². The Balaban J connectivity index is 1.71. The quantitative estimate of drug-likeness (QED) is 0.835. The molecule has 0 bridgehead atoms. The van der Waals surface area contributed by atoms with E-state index < -0.39 is 0 Å². The molecule has 1 aromatic heterocycles. The monoisotopic (exact) mass is 366 g/mol. The van der Waals surface area contributed by atoms with Gasteiger partial charge in [-0.1, -0.05) is 42.2 Å². The molecule has 23 heavy (non-hydrogen) atoms. The number of benzene rings is 1. The molecule has 0 saturated carbocycles. The van der Waals surface area contributed by atoms with Crippen LogP contribution in [0.4, 0.5) is 10.8 Å². The van der Waals surface area contributed by atoms with Crippen molar-refractivity contribution in [1.82, 2.24) is 10.2 Å². The molecule has 0 aliphatic carbocycles. The Kier molecular flexibility index (Phi) is 5.45. The summed E-state index contributed by atoms with van der Waals surface area (Å²) in [4.78, 5) is 15.8. The maximum absolute atomic E-state index is 12.7. The molecule has 1 aliphatic rings. The van der Waals surface area contributed by atoms with E-state index >= 15 is 0 Å². The number of nitrogens with one attached hydrogen (secondary N) is 1. The molecule has 2 aromatic rings. The summed E-state index contributed by atoms with van der Waals surface area (Å²) in [6, 6.07) is 8.15. The van der Waals surface area contributed by atoms with Gasteiger partial charge >= 0.3 is 0 Å². The number of amides is 1. The fraction of sp³-hybridized carbons (Fsp3) is 0.400. The Morgan fingerprint density at radius 2 is 2.26 bits per heavy atom. The van der Waals surface area contributed by atoms with Crippen molar-refractivity contribution >= 4 is 51.6 Å². The largest absolute Gasteiger partial charge is 0.363 e. The Labute approximate surface area is 148 Å². The molecule has 0 fully saturated rings. The lowest BCUT2D eigenvalue weighted by molar-refractivity contribution is -0.116. The third kappa shape index (κ3) is 3.99. The van der Waals surface area contributed by atoms with Crippen LogP contribution in [0.25, 0.3) is 0 Å². The molecule has 2 heterocycles. The number of thioether (sulfide) groups is 2. The fourth-order valence-corrected chi connectivity index (χ4v) is 5.01. The van der Waals surface area contributed by atoms with Crippen molar-refractivity contribution in [2.75, 3.05) is 29.6 Å². The maximum Gasteiger partial charge on any atom is 0.237 e. The van der Waals surface area contributed by atoms with Crippen molar-refractivity contribution in [3.63, 3.8) is 0 Å². The van der Waals surface area contributed by atoms with Gasteiger partial charge in [0.1, 0.15) is 0 Å². The Hall–Kier alpha value is -1.25. The number of para-hydroxylation sites is 1. The van der Waals surface area contributed by atoms with Gasteiger partial charge in [0.2, 0.25) is 11.0 Å². The highest BCUT2D eigenvalue weighted by molar-refractivity contribution is 8.01. The van der Waals surface area contributed by atoms with Gasteiger partial charge in [0, 0.05) is 23.7 Å². The first kappa shape index (κ1) is 16.6. The van der Waals surface area contributed by atoms with Crippen molar-refractivity contribution in [3.8, 4) is 0 Å². The highest BCUT2D eigenvalue weighted by Gasteiger charge is 2.24. The van der Waals surface area contributed by atoms with Gasteiger partial charge in [-0.15, -0.1) is 22.0 Å². The highest BCUT2D eigenvalue weighted by Crippen LogP contribution is 2.37. The minimum absolute atomic E-state index is 0.123. The topological polar surface area (TPSA) is 58.1 Å². The predicted octanol–water partition coefficient (Wildman–Crippen LogP) is 3.59. The third-order valence-corrected chi connectivity index (χ3v) is 6.78. The molecule has 1 N–H and O–H groups in total. The average Bonchev–Trinajstić information content (AvgIpc) is 2.95. The zero-order valence-electron chi connectivity index (χ0n) is 13.0. The summed E-state index contributed by atoms with van der Waals surface area (Å²) in [5.74, 6) is 0.504. The minimum Gasteiger partial charge on any atom is -0.363 e. The second-order valence-electron chi connectivity index (χ2n) is 5.14. The lowest BCUT2D eigenvalue weighted by Gasteiger charge is -2.22. The Morgan fingerprint density at radius 3 is 3.04 bits per heavy atom. The van der Waals surface area contributed by atoms with Gasteiger partial charge in [-0.2, -0.15) is 0 Å². The van der Waals surface area contributed by atoms with E-state index in [0.717, 1.165) is 28.1 Å². The Bertz CT molecular complexity index is 691. The number of anilines is 2. The highest BCUT2D eigenvalue weighted by atomic mass is 32.2. The number of rotatable bonds is 4. The summed E-state index contributed by atoms with van der Waals surface area (Å²) in [6.07, 6.45) is 0.998. The summed E-state index contributed by atoms with van der Waals surface area (Å²) in [6.45, 7) is 2.98. The molecule has 3 rings (SSSR count). The number of hydrogen-bond acceptors (Lipinski definition) is 7. The first-order valence-corrected chi connectivity index (χ1v) is 10.1. The molecule has 0 saturated heterocycles. The molecule has 122 valence electrons. The molecule has 0 spiro atoms. The number of hydrogen-bond donors (Lipinski definition) is 1. The molecular weight excluding hydrogens is 348 g/mol. The minimum atomic E-state index is 0.123. The van der Waals surface area contributed by atoms with Gasteiger partial charge in [0.05, 0.1) is 11.4 Å². The number of carbonyl (C=O) groups excluding carboxylic acids is 1. The second kappa shape index (κ2) is 7.55. The van der Waals surface area contributed by atoms with Crippen molar-refractivity contribution < 1.29 is 4.79 Å². The molecule has 5 nitrogen and oxygen atoms in total. The summed E-state index contributed by atoms with van der Waals surface area (Å²) in [5.41, 5.74) is 1.03.